The SMILES string of the molecule is COC(=O)C12CC(C(C)NC(=O)C3(NC(=O)OC(C)(C)C)CCCC3)(C1)C2. The van der Waals surface area contributed by atoms with E-state index in [2.05, 4.69) is 10.6 Å². The molecule has 0 saturated heterocycles. The third kappa shape index (κ3) is 3.41. The van der Waals surface area contributed by atoms with Gasteiger partial charge in [0.15, 0.2) is 0 Å². The molecule has 1 atom stereocenters. The van der Waals surface area contributed by atoms with Crippen LogP contribution in [0.2, 0.25) is 0 Å². The third-order valence-electron chi connectivity index (χ3n) is 6.59. The topological polar surface area (TPSA) is 93.7 Å². The number of carbonyl (C=O) groups excluding carboxylic acids is 3. The summed E-state index contributed by atoms with van der Waals surface area (Å²) in [5.41, 5.74) is -1.86. The lowest BCUT2D eigenvalue weighted by atomic mass is 9.33. The number of carbonyl (C=O) groups is 3. The normalized spacial score (nSPS) is 31.7. The second-order valence-corrected chi connectivity index (χ2v) is 9.78. The van der Waals surface area contributed by atoms with Crippen molar-refractivity contribution in [2.75, 3.05) is 7.11 Å². The van der Waals surface area contributed by atoms with Crippen molar-refractivity contribution in [3.05, 3.63) is 0 Å². The Morgan fingerprint density at radius 3 is 2.07 bits per heavy atom. The molecule has 0 spiro atoms. The van der Waals surface area contributed by atoms with E-state index in [-0.39, 0.29) is 28.7 Å². The van der Waals surface area contributed by atoms with E-state index in [1.165, 1.54) is 7.11 Å². The van der Waals surface area contributed by atoms with Crippen LogP contribution in [0.25, 0.3) is 0 Å². The molecule has 4 aliphatic carbocycles. The van der Waals surface area contributed by atoms with Gasteiger partial charge in [-0.2, -0.15) is 0 Å². The zero-order chi connectivity index (χ0) is 20.1. The van der Waals surface area contributed by atoms with Crippen LogP contribution in [0.5, 0.6) is 0 Å². The molecule has 4 aliphatic rings. The van der Waals surface area contributed by atoms with E-state index in [9.17, 15) is 14.4 Å². The fourth-order valence-electron chi connectivity index (χ4n) is 5.13. The van der Waals surface area contributed by atoms with Crippen molar-refractivity contribution in [2.24, 2.45) is 10.8 Å². The highest BCUT2D eigenvalue weighted by Gasteiger charge is 2.74. The van der Waals surface area contributed by atoms with Crippen LogP contribution in [0.3, 0.4) is 0 Å². The Kier molecular flexibility index (Phi) is 4.72. The molecule has 2 N–H and O–H groups in total. The summed E-state index contributed by atoms with van der Waals surface area (Å²) in [6.07, 6.45) is 4.76. The summed E-state index contributed by atoms with van der Waals surface area (Å²) in [6, 6.07) is -0.0468. The molecule has 4 fully saturated rings. The number of rotatable bonds is 5. The molecule has 0 heterocycles. The summed E-state index contributed by atoms with van der Waals surface area (Å²) in [6.45, 7) is 7.40. The smallest absolute Gasteiger partial charge is 0.408 e. The van der Waals surface area contributed by atoms with Gasteiger partial charge in [0.1, 0.15) is 11.1 Å². The van der Waals surface area contributed by atoms with Gasteiger partial charge in [0, 0.05) is 6.04 Å². The Labute approximate surface area is 160 Å². The Morgan fingerprint density at radius 1 is 1.04 bits per heavy atom. The van der Waals surface area contributed by atoms with Crippen molar-refractivity contribution in [2.45, 2.75) is 89.8 Å². The molecule has 2 amide bonds. The molecule has 27 heavy (non-hydrogen) atoms. The van der Waals surface area contributed by atoms with Gasteiger partial charge in [-0.15, -0.1) is 0 Å². The number of amides is 2. The molecule has 0 aromatic rings. The largest absolute Gasteiger partial charge is 0.469 e. The van der Waals surface area contributed by atoms with Crippen LogP contribution in [-0.2, 0) is 19.1 Å². The third-order valence-corrected chi connectivity index (χ3v) is 6.59. The standard InChI is InChI=1S/C20H32N2O5/c1-13(18-10-19(11-18,12-18)15(24)26-5)21-14(23)20(8-6-7-9-20)22-16(25)27-17(2,3)4/h13H,6-12H2,1-5H3,(H,21,23)(H,22,25). The summed E-state index contributed by atoms with van der Waals surface area (Å²) in [4.78, 5) is 37.2. The van der Waals surface area contributed by atoms with E-state index in [1.54, 1.807) is 20.8 Å². The monoisotopic (exact) mass is 380 g/mol. The first kappa shape index (κ1) is 20.0. The lowest BCUT2D eigenvalue weighted by Gasteiger charge is -2.70. The molecule has 2 bridgehead atoms. The van der Waals surface area contributed by atoms with E-state index in [0.29, 0.717) is 12.8 Å². The molecule has 0 aromatic carbocycles. The van der Waals surface area contributed by atoms with Crippen LogP contribution in [-0.4, -0.2) is 42.3 Å². The second-order valence-electron chi connectivity index (χ2n) is 9.78. The number of esters is 1. The summed E-state index contributed by atoms with van der Waals surface area (Å²) < 4.78 is 10.3. The molecule has 1 unspecified atom stereocenters. The van der Waals surface area contributed by atoms with Crippen LogP contribution in [0, 0.1) is 10.8 Å². The fraction of sp³-hybridized carbons (Fsp3) is 0.850. The Hall–Kier alpha value is -1.79. The highest BCUT2D eigenvalue weighted by Crippen LogP contribution is 2.75. The van der Waals surface area contributed by atoms with Gasteiger partial charge in [-0.05, 0) is 65.2 Å². The first-order chi connectivity index (χ1) is 12.5. The van der Waals surface area contributed by atoms with Crippen molar-refractivity contribution in [3.63, 3.8) is 0 Å². The van der Waals surface area contributed by atoms with Crippen molar-refractivity contribution in [3.8, 4) is 0 Å². The molecule has 7 heteroatoms. The maximum Gasteiger partial charge on any atom is 0.408 e. The van der Waals surface area contributed by atoms with E-state index < -0.39 is 17.2 Å². The average molecular weight is 380 g/mol. The summed E-state index contributed by atoms with van der Waals surface area (Å²) in [5, 5.41) is 5.97. The molecule has 4 rings (SSSR count). The maximum atomic E-state index is 13.1. The number of hydrogen-bond donors (Lipinski definition) is 2. The molecular weight excluding hydrogens is 348 g/mol. The minimum Gasteiger partial charge on any atom is -0.469 e. The van der Waals surface area contributed by atoms with Crippen molar-refractivity contribution in [1.82, 2.24) is 10.6 Å². The lowest BCUT2D eigenvalue weighted by molar-refractivity contribution is -0.234. The van der Waals surface area contributed by atoms with E-state index in [4.69, 9.17) is 9.47 Å². The molecular formula is C20H32N2O5. The van der Waals surface area contributed by atoms with E-state index in [0.717, 1.165) is 32.1 Å². The highest BCUT2D eigenvalue weighted by molar-refractivity contribution is 5.91. The second kappa shape index (κ2) is 6.38. The van der Waals surface area contributed by atoms with E-state index in [1.807, 2.05) is 6.92 Å². The summed E-state index contributed by atoms with van der Waals surface area (Å²) >= 11 is 0. The zero-order valence-corrected chi connectivity index (χ0v) is 17.1. The number of nitrogens with one attached hydrogen (secondary N) is 2. The minimum absolute atomic E-state index is 0.0183. The summed E-state index contributed by atoms with van der Waals surface area (Å²) in [7, 11) is 1.42. The van der Waals surface area contributed by atoms with Gasteiger partial charge in [0.2, 0.25) is 5.91 Å². The Bertz CT molecular complexity index is 625. The predicted octanol–water partition coefficient (Wildman–Crippen LogP) is 2.67. The van der Waals surface area contributed by atoms with Gasteiger partial charge in [0.05, 0.1) is 12.5 Å². The van der Waals surface area contributed by atoms with Gasteiger partial charge in [-0.3, -0.25) is 9.59 Å². The Morgan fingerprint density at radius 2 is 1.59 bits per heavy atom. The fourth-order valence-corrected chi connectivity index (χ4v) is 5.13. The van der Waals surface area contributed by atoms with Gasteiger partial charge in [-0.1, -0.05) is 12.8 Å². The molecule has 4 saturated carbocycles. The van der Waals surface area contributed by atoms with Gasteiger partial charge in [0.25, 0.3) is 0 Å². The molecule has 0 aromatic heterocycles. The molecule has 152 valence electrons. The van der Waals surface area contributed by atoms with Gasteiger partial charge < -0.3 is 20.1 Å². The average Bonchev–Trinajstić information content (AvgIpc) is 2.91. The van der Waals surface area contributed by atoms with Crippen LogP contribution in [0.4, 0.5) is 4.79 Å². The minimum atomic E-state index is -0.903. The lowest BCUT2D eigenvalue weighted by Crippen LogP contribution is -2.73. The van der Waals surface area contributed by atoms with E-state index >= 15 is 0 Å². The number of hydrogen-bond acceptors (Lipinski definition) is 5. The summed E-state index contributed by atoms with van der Waals surface area (Å²) in [5.74, 6) is -0.281. The number of ether oxygens (including phenoxy) is 2. The first-order valence-electron chi connectivity index (χ1n) is 9.87. The van der Waals surface area contributed by atoms with Crippen molar-refractivity contribution < 1.29 is 23.9 Å². The highest BCUT2D eigenvalue weighted by atomic mass is 16.6. The van der Waals surface area contributed by atoms with Crippen molar-refractivity contribution in [1.29, 1.82) is 0 Å². The van der Waals surface area contributed by atoms with Gasteiger partial charge in [-0.25, -0.2) is 4.79 Å². The number of alkyl carbamates (subject to hydrolysis) is 1. The predicted molar refractivity (Wildman–Crippen MR) is 98.9 cm³/mol. The number of methoxy groups -OCH3 is 1. The zero-order valence-electron chi connectivity index (χ0n) is 17.1. The van der Waals surface area contributed by atoms with Gasteiger partial charge >= 0.3 is 12.1 Å². The van der Waals surface area contributed by atoms with Crippen molar-refractivity contribution >= 4 is 18.0 Å². The maximum absolute atomic E-state index is 13.1. The first-order valence-corrected chi connectivity index (χ1v) is 9.87. The molecule has 0 radical (unpaired) electrons. The Balaban J connectivity index is 1.60. The molecule has 7 nitrogen and oxygen atoms in total. The van der Waals surface area contributed by atoms with Crippen LogP contribution >= 0.6 is 0 Å². The van der Waals surface area contributed by atoms with Crippen LogP contribution < -0.4 is 10.6 Å². The van der Waals surface area contributed by atoms with Crippen LogP contribution in [0.15, 0.2) is 0 Å². The quantitative estimate of drug-likeness (QED) is 0.715. The molecule has 0 aliphatic heterocycles. The van der Waals surface area contributed by atoms with Crippen LogP contribution in [0.1, 0.15) is 72.6 Å².